The molecule has 1 aliphatic carbocycles. The molecule has 6 nitrogen and oxygen atoms in total. The third-order valence-electron chi connectivity index (χ3n) is 6.38. The van der Waals surface area contributed by atoms with Crippen molar-refractivity contribution in [1.82, 2.24) is 4.98 Å². The molecule has 5 rings (SSSR count). The molecule has 160 valence electrons. The molecule has 1 N–H and O–H groups in total. The predicted molar refractivity (Wildman–Crippen MR) is 120 cm³/mol. The summed E-state index contributed by atoms with van der Waals surface area (Å²) in [4.78, 5) is 17.9. The lowest BCUT2D eigenvalue weighted by atomic mass is 9.94. The van der Waals surface area contributed by atoms with Gasteiger partial charge in [0.25, 0.3) is 0 Å². The number of ether oxygens (including phenoxy) is 3. The largest absolute Gasteiger partial charge is 0.496 e. The molecule has 0 saturated heterocycles. The van der Waals surface area contributed by atoms with Crippen LogP contribution in [0.4, 0.5) is 5.82 Å². The molecule has 1 amide bonds. The van der Waals surface area contributed by atoms with Crippen LogP contribution in [0.1, 0.15) is 31.0 Å². The van der Waals surface area contributed by atoms with Crippen molar-refractivity contribution in [2.75, 3.05) is 19.2 Å². The SMILES string of the molecule is COc1ccccc1-c1cnc(NC(=O)C2(c3ccc4c(c3)OCO4)CC2)c(C)c1C.[HH]. The number of carbonyl (C=O) groups is 1. The zero-order valence-corrected chi connectivity index (χ0v) is 17.8. The van der Waals surface area contributed by atoms with Crippen molar-refractivity contribution in [2.24, 2.45) is 0 Å². The van der Waals surface area contributed by atoms with Crippen LogP contribution < -0.4 is 19.5 Å². The van der Waals surface area contributed by atoms with E-state index >= 15 is 0 Å². The molecule has 0 spiro atoms. The molecule has 6 heteroatoms. The van der Waals surface area contributed by atoms with E-state index in [2.05, 4.69) is 10.3 Å². The minimum atomic E-state index is -0.537. The minimum absolute atomic E-state index is 0. The van der Waals surface area contributed by atoms with Gasteiger partial charge in [-0.15, -0.1) is 0 Å². The van der Waals surface area contributed by atoms with Crippen LogP contribution in [0.2, 0.25) is 0 Å². The molecule has 1 fully saturated rings. The Morgan fingerprint density at radius 1 is 1.06 bits per heavy atom. The van der Waals surface area contributed by atoms with Crippen molar-refractivity contribution in [2.45, 2.75) is 32.1 Å². The Morgan fingerprint density at radius 2 is 1.84 bits per heavy atom. The summed E-state index contributed by atoms with van der Waals surface area (Å²) in [5, 5.41) is 3.07. The monoisotopic (exact) mass is 418 g/mol. The molecule has 1 aliphatic heterocycles. The highest BCUT2D eigenvalue weighted by atomic mass is 16.7. The van der Waals surface area contributed by atoms with Gasteiger partial charge in [-0.05, 0) is 61.6 Å². The maximum absolute atomic E-state index is 13.3. The van der Waals surface area contributed by atoms with Crippen molar-refractivity contribution in [1.29, 1.82) is 0 Å². The number of nitrogens with one attached hydrogen (secondary N) is 1. The number of pyridine rings is 1. The molecular formula is C25H26N2O4. The average molecular weight is 418 g/mol. The Morgan fingerprint density at radius 3 is 2.61 bits per heavy atom. The van der Waals surface area contributed by atoms with Crippen molar-refractivity contribution in [3.05, 3.63) is 65.4 Å². The van der Waals surface area contributed by atoms with E-state index in [4.69, 9.17) is 14.2 Å². The van der Waals surface area contributed by atoms with Gasteiger partial charge in [-0.2, -0.15) is 0 Å². The lowest BCUT2D eigenvalue weighted by Crippen LogP contribution is -2.28. The van der Waals surface area contributed by atoms with Crippen LogP contribution >= 0.6 is 0 Å². The van der Waals surface area contributed by atoms with Crippen LogP contribution in [0.5, 0.6) is 17.2 Å². The van der Waals surface area contributed by atoms with Gasteiger partial charge in [0.15, 0.2) is 11.5 Å². The number of carbonyl (C=O) groups excluding carboxylic acids is 1. The van der Waals surface area contributed by atoms with Crippen molar-refractivity contribution in [3.63, 3.8) is 0 Å². The number of benzene rings is 2. The van der Waals surface area contributed by atoms with E-state index in [1.165, 1.54) is 0 Å². The van der Waals surface area contributed by atoms with Gasteiger partial charge >= 0.3 is 0 Å². The molecule has 1 saturated carbocycles. The summed E-state index contributed by atoms with van der Waals surface area (Å²) in [7, 11) is 1.66. The number of nitrogens with zero attached hydrogens (tertiary/aromatic N) is 1. The molecule has 0 radical (unpaired) electrons. The van der Waals surface area contributed by atoms with Crippen LogP contribution in [-0.2, 0) is 10.2 Å². The first-order chi connectivity index (χ1) is 15.0. The third-order valence-corrected chi connectivity index (χ3v) is 6.38. The predicted octanol–water partition coefficient (Wildman–Crippen LogP) is 5.02. The lowest BCUT2D eigenvalue weighted by molar-refractivity contribution is -0.118. The second kappa shape index (κ2) is 7.30. The van der Waals surface area contributed by atoms with Crippen molar-refractivity contribution >= 4 is 11.7 Å². The quantitative estimate of drug-likeness (QED) is 0.630. The van der Waals surface area contributed by atoms with Crippen LogP contribution in [0.25, 0.3) is 11.1 Å². The average Bonchev–Trinajstić information content (AvgIpc) is 3.48. The van der Waals surface area contributed by atoms with Gasteiger partial charge in [0.05, 0.1) is 12.5 Å². The first-order valence-electron chi connectivity index (χ1n) is 10.3. The summed E-state index contributed by atoms with van der Waals surface area (Å²) < 4.78 is 16.4. The number of amides is 1. The van der Waals surface area contributed by atoms with E-state index in [0.29, 0.717) is 11.6 Å². The Kier molecular flexibility index (Phi) is 4.58. The zero-order chi connectivity index (χ0) is 21.6. The fourth-order valence-electron chi connectivity index (χ4n) is 4.16. The van der Waals surface area contributed by atoms with Gasteiger partial charge in [-0.3, -0.25) is 4.79 Å². The second-order valence-electron chi connectivity index (χ2n) is 8.08. The Bertz CT molecular complexity index is 1190. The van der Waals surface area contributed by atoms with Gasteiger partial charge in [0.2, 0.25) is 12.7 Å². The highest BCUT2D eigenvalue weighted by Gasteiger charge is 2.52. The van der Waals surface area contributed by atoms with Gasteiger partial charge < -0.3 is 19.5 Å². The fourth-order valence-corrected chi connectivity index (χ4v) is 4.16. The normalized spacial score (nSPS) is 15.5. The highest BCUT2D eigenvalue weighted by molar-refractivity contribution is 6.01. The van der Waals surface area contributed by atoms with Crippen molar-refractivity contribution in [3.8, 4) is 28.4 Å². The van der Waals surface area contributed by atoms with E-state index < -0.39 is 5.41 Å². The van der Waals surface area contributed by atoms with E-state index in [9.17, 15) is 4.79 Å². The topological polar surface area (TPSA) is 69.7 Å². The maximum Gasteiger partial charge on any atom is 0.236 e. The number of methoxy groups -OCH3 is 1. The lowest BCUT2D eigenvalue weighted by Gasteiger charge is -2.19. The Hall–Kier alpha value is -3.54. The number of hydrogen-bond donors (Lipinski definition) is 1. The van der Waals surface area contributed by atoms with Crippen LogP contribution in [0.15, 0.2) is 48.7 Å². The Labute approximate surface area is 182 Å². The van der Waals surface area contributed by atoms with Crippen LogP contribution in [0, 0.1) is 13.8 Å². The molecule has 0 bridgehead atoms. The molecule has 2 aliphatic rings. The summed E-state index contributed by atoms with van der Waals surface area (Å²) in [6.45, 7) is 4.25. The second-order valence-corrected chi connectivity index (χ2v) is 8.08. The van der Waals surface area contributed by atoms with Gasteiger partial charge in [0, 0.05) is 18.8 Å². The number of para-hydroxylation sites is 1. The summed E-state index contributed by atoms with van der Waals surface area (Å²) in [6, 6.07) is 13.6. The van der Waals surface area contributed by atoms with E-state index in [1.807, 2.05) is 56.3 Å². The van der Waals surface area contributed by atoms with E-state index in [1.54, 1.807) is 13.3 Å². The molecule has 31 heavy (non-hydrogen) atoms. The first-order valence-corrected chi connectivity index (χ1v) is 10.3. The van der Waals surface area contributed by atoms with E-state index in [0.717, 1.165) is 52.2 Å². The third kappa shape index (κ3) is 3.19. The zero-order valence-electron chi connectivity index (χ0n) is 17.8. The summed E-state index contributed by atoms with van der Waals surface area (Å²) in [6.07, 6.45) is 3.40. The maximum atomic E-state index is 13.3. The Balaban J connectivity index is 0.00000245. The number of hydrogen-bond acceptors (Lipinski definition) is 5. The summed E-state index contributed by atoms with van der Waals surface area (Å²) in [5.74, 6) is 2.77. The molecular weight excluding hydrogens is 392 g/mol. The number of anilines is 1. The fraction of sp³-hybridized carbons (Fsp3) is 0.280. The van der Waals surface area contributed by atoms with Crippen LogP contribution in [-0.4, -0.2) is 24.8 Å². The number of fused-ring (bicyclic) bond motifs is 1. The smallest absolute Gasteiger partial charge is 0.236 e. The molecule has 1 aromatic heterocycles. The van der Waals surface area contributed by atoms with Crippen molar-refractivity contribution < 1.29 is 20.4 Å². The molecule has 3 aromatic rings. The summed E-state index contributed by atoms with van der Waals surface area (Å²) >= 11 is 0. The van der Waals surface area contributed by atoms with Crippen LogP contribution in [0.3, 0.4) is 0 Å². The molecule has 0 unspecified atom stereocenters. The molecule has 0 atom stereocenters. The molecule has 2 heterocycles. The highest BCUT2D eigenvalue weighted by Crippen LogP contribution is 2.51. The summed E-state index contributed by atoms with van der Waals surface area (Å²) in [5.41, 5.74) is 4.39. The first kappa shape index (κ1) is 19.4. The number of rotatable bonds is 5. The standard InChI is InChI=1S/C25H24N2O4.H2/c1-15-16(2)23(26-13-19(15)18-6-4-5-7-20(18)29-3)27-24(28)25(10-11-25)17-8-9-21-22(12-17)31-14-30-21;/h4-9,12-13H,10-11,14H2,1-3H3,(H,26,27,28);1H. The van der Waals surface area contributed by atoms with Gasteiger partial charge in [0.1, 0.15) is 11.6 Å². The van der Waals surface area contributed by atoms with Gasteiger partial charge in [-0.1, -0.05) is 24.3 Å². The molecule has 2 aromatic carbocycles. The van der Waals surface area contributed by atoms with Gasteiger partial charge in [-0.25, -0.2) is 4.98 Å². The number of aromatic nitrogens is 1. The minimum Gasteiger partial charge on any atom is -0.496 e. The van der Waals surface area contributed by atoms with E-state index in [-0.39, 0.29) is 14.1 Å².